The number of carbonyl (C=O) groups is 1. The molecule has 0 aliphatic heterocycles. The number of rotatable bonds is 8. The highest BCUT2D eigenvalue weighted by atomic mass is 19.1. The number of nitrogens with zero attached hydrogens (tertiary/aromatic N) is 1. The smallest absolute Gasteiger partial charge is 0.306 e. The van der Waals surface area contributed by atoms with E-state index < -0.39 is 11.8 Å². The molecule has 0 bridgehead atoms. The summed E-state index contributed by atoms with van der Waals surface area (Å²) >= 11 is 0. The number of carboxylic acids is 1. The zero-order valence-corrected chi connectivity index (χ0v) is 12.4. The Hall–Kier alpha value is -1.93. The third kappa shape index (κ3) is 6.37. The maximum absolute atomic E-state index is 13.3. The van der Waals surface area contributed by atoms with E-state index in [1.54, 1.807) is 13.0 Å². The SMILES string of the molecule is CC(CCCC(C)C(=O)O)NCc1cc(F)cc(C#N)c1. The average Bonchev–Trinajstić information content (AvgIpc) is 2.44. The van der Waals surface area contributed by atoms with Crippen LogP contribution >= 0.6 is 0 Å². The average molecular weight is 292 g/mol. The molecular formula is C16H21FN2O2. The Kier molecular flexibility index (Phi) is 6.83. The standard InChI is InChI=1S/C16H21FN2O2/c1-11(16(20)21)4-3-5-12(2)19-10-14-6-13(9-18)7-15(17)8-14/h6-8,11-12,19H,3-5,10H2,1-2H3,(H,20,21). The van der Waals surface area contributed by atoms with Gasteiger partial charge in [-0.3, -0.25) is 4.79 Å². The molecule has 21 heavy (non-hydrogen) atoms. The van der Waals surface area contributed by atoms with Crippen molar-refractivity contribution in [2.75, 3.05) is 0 Å². The number of hydrogen-bond acceptors (Lipinski definition) is 3. The van der Waals surface area contributed by atoms with Gasteiger partial charge in [-0.15, -0.1) is 0 Å². The Balaban J connectivity index is 2.36. The summed E-state index contributed by atoms with van der Waals surface area (Å²) in [5.74, 6) is -1.49. The van der Waals surface area contributed by atoms with Gasteiger partial charge in [0.1, 0.15) is 5.82 Å². The molecule has 0 aliphatic rings. The lowest BCUT2D eigenvalue weighted by Crippen LogP contribution is -2.25. The van der Waals surface area contributed by atoms with Gasteiger partial charge in [-0.1, -0.05) is 13.3 Å². The molecule has 1 aromatic rings. The van der Waals surface area contributed by atoms with Crippen LogP contribution in [0.2, 0.25) is 0 Å². The molecule has 0 saturated carbocycles. The molecule has 0 saturated heterocycles. The van der Waals surface area contributed by atoms with Crippen molar-refractivity contribution in [1.82, 2.24) is 5.32 Å². The van der Waals surface area contributed by atoms with Crippen molar-refractivity contribution in [3.63, 3.8) is 0 Å². The number of halogens is 1. The normalized spacial score (nSPS) is 13.4. The summed E-state index contributed by atoms with van der Waals surface area (Å²) in [6.07, 6.45) is 2.34. The molecule has 5 heteroatoms. The Labute approximate surface area is 124 Å². The summed E-state index contributed by atoms with van der Waals surface area (Å²) in [6, 6.07) is 6.42. The molecule has 2 N–H and O–H groups in total. The monoisotopic (exact) mass is 292 g/mol. The minimum atomic E-state index is -0.764. The minimum absolute atomic E-state index is 0.208. The van der Waals surface area contributed by atoms with Crippen LogP contribution in [-0.2, 0) is 11.3 Å². The summed E-state index contributed by atoms with van der Waals surface area (Å²) in [5.41, 5.74) is 1.05. The van der Waals surface area contributed by atoms with Crippen molar-refractivity contribution < 1.29 is 14.3 Å². The first-order valence-electron chi connectivity index (χ1n) is 7.08. The zero-order valence-electron chi connectivity index (χ0n) is 12.4. The largest absolute Gasteiger partial charge is 0.481 e. The Morgan fingerprint density at radius 1 is 1.38 bits per heavy atom. The lowest BCUT2D eigenvalue weighted by molar-refractivity contribution is -0.141. The van der Waals surface area contributed by atoms with E-state index in [0.29, 0.717) is 18.5 Å². The maximum atomic E-state index is 13.3. The van der Waals surface area contributed by atoms with Gasteiger partial charge < -0.3 is 10.4 Å². The molecule has 0 fully saturated rings. The molecule has 0 radical (unpaired) electrons. The first-order chi connectivity index (χ1) is 9.92. The Morgan fingerprint density at radius 2 is 2.10 bits per heavy atom. The van der Waals surface area contributed by atoms with Crippen molar-refractivity contribution in [3.8, 4) is 6.07 Å². The van der Waals surface area contributed by atoms with E-state index in [-0.39, 0.29) is 12.0 Å². The molecule has 1 aromatic carbocycles. The number of benzene rings is 1. The third-order valence-electron chi connectivity index (χ3n) is 3.44. The van der Waals surface area contributed by atoms with Gasteiger partial charge in [0.15, 0.2) is 0 Å². The van der Waals surface area contributed by atoms with E-state index in [1.807, 2.05) is 13.0 Å². The number of carboxylic acid groups (broad SMARTS) is 1. The third-order valence-corrected chi connectivity index (χ3v) is 3.44. The summed E-state index contributed by atoms with van der Waals surface area (Å²) < 4.78 is 13.3. The Morgan fingerprint density at radius 3 is 2.71 bits per heavy atom. The highest BCUT2D eigenvalue weighted by molar-refractivity contribution is 5.69. The van der Waals surface area contributed by atoms with Crippen LogP contribution in [0.15, 0.2) is 18.2 Å². The van der Waals surface area contributed by atoms with Crippen LogP contribution in [0.4, 0.5) is 4.39 Å². The van der Waals surface area contributed by atoms with Crippen molar-refractivity contribution in [1.29, 1.82) is 5.26 Å². The fourth-order valence-corrected chi connectivity index (χ4v) is 2.06. The van der Waals surface area contributed by atoms with Gasteiger partial charge in [-0.05, 0) is 43.5 Å². The van der Waals surface area contributed by atoms with Gasteiger partial charge in [-0.25, -0.2) is 4.39 Å². The molecule has 1 rings (SSSR count). The van der Waals surface area contributed by atoms with Crippen molar-refractivity contribution in [2.24, 2.45) is 5.92 Å². The van der Waals surface area contributed by atoms with Crippen molar-refractivity contribution in [2.45, 2.75) is 45.7 Å². The fraction of sp³-hybridized carbons (Fsp3) is 0.500. The van der Waals surface area contributed by atoms with E-state index in [9.17, 15) is 9.18 Å². The number of nitrogens with one attached hydrogen (secondary N) is 1. The van der Waals surface area contributed by atoms with Gasteiger partial charge in [0, 0.05) is 12.6 Å². The molecule has 2 atom stereocenters. The fourth-order valence-electron chi connectivity index (χ4n) is 2.06. The van der Waals surface area contributed by atoms with Gasteiger partial charge >= 0.3 is 5.97 Å². The molecule has 114 valence electrons. The highest BCUT2D eigenvalue weighted by Crippen LogP contribution is 2.11. The van der Waals surface area contributed by atoms with Gasteiger partial charge in [0.25, 0.3) is 0 Å². The molecule has 0 heterocycles. The molecular weight excluding hydrogens is 271 g/mol. The lowest BCUT2D eigenvalue weighted by Gasteiger charge is -2.14. The van der Waals surface area contributed by atoms with E-state index >= 15 is 0 Å². The minimum Gasteiger partial charge on any atom is -0.481 e. The molecule has 0 aliphatic carbocycles. The van der Waals surface area contributed by atoms with Crippen molar-refractivity contribution in [3.05, 3.63) is 35.1 Å². The number of nitriles is 1. The van der Waals surface area contributed by atoms with Gasteiger partial charge in [0.05, 0.1) is 17.6 Å². The van der Waals surface area contributed by atoms with Crippen LogP contribution in [-0.4, -0.2) is 17.1 Å². The number of aliphatic carboxylic acids is 1. The number of hydrogen-bond donors (Lipinski definition) is 2. The molecule has 4 nitrogen and oxygen atoms in total. The molecule has 0 aromatic heterocycles. The predicted octanol–water partition coefficient (Wildman–Crippen LogP) is 3.07. The summed E-state index contributed by atoms with van der Waals surface area (Å²) in [6.45, 7) is 4.20. The highest BCUT2D eigenvalue weighted by Gasteiger charge is 2.11. The summed E-state index contributed by atoms with van der Waals surface area (Å²) in [7, 11) is 0. The lowest BCUT2D eigenvalue weighted by atomic mass is 10.0. The van der Waals surface area contributed by atoms with Crippen molar-refractivity contribution >= 4 is 5.97 Å². The van der Waals surface area contributed by atoms with E-state index in [1.165, 1.54) is 12.1 Å². The maximum Gasteiger partial charge on any atom is 0.306 e. The van der Waals surface area contributed by atoms with Crippen LogP contribution in [0, 0.1) is 23.1 Å². The Bertz CT molecular complexity index is 525. The second kappa shape index (κ2) is 8.38. The van der Waals surface area contributed by atoms with Crippen LogP contribution in [0.1, 0.15) is 44.2 Å². The van der Waals surface area contributed by atoms with E-state index in [0.717, 1.165) is 18.4 Å². The van der Waals surface area contributed by atoms with Crippen LogP contribution in [0.3, 0.4) is 0 Å². The molecule has 0 spiro atoms. The summed E-state index contributed by atoms with van der Waals surface area (Å²) in [4.78, 5) is 10.7. The topological polar surface area (TPSA) is 73.1 Å². The van der Waals surface area contributed by atoms with Crippen LogP contribution < -0.4 is 5.32 Å². The predicted molar refractivity (Wildman–Crippen MR) is 78.1 cm³/mol. The van der Waals surface area contributed by atoms with Gasteiger partial charge in [0.2, 0.25) is 0 Å². The molecule has 2 unspecified atom stereocenters. The molecule has 0 amide bonds. The van der Waals surface area contributed by atoms with Crippen LogP contribution in [0.25, 0.3) is 0 Å². The summed E-state index contributed by atoms with van der Waals surface area (Å²) in [5, 5.41) is 20.8. The van der Waals surface area contributed by atoms with Crippen LogP contribution in [0.5, 0.6) is 0 Å². The second-order valence-corrected chi connectivity index (χ2v) is 5.41. The van der Waals surface area contributed by atoms with Gasteiger partial charge in [-0.2, -0.15) is 5.26 Å². The first-order valence-corrected chi connectivity index (χ1v) is 7.08. The second-order valence-electron chi connectivity index (χ2n) is 5.41. The quantitative estimate of drug-likeness (QED) is 0.772. The first kappa shape index (κ1) is 17.1. The zero-order chi connectivity index (χ0) is 15.8. The van der Waals surface area contributed by atoms with E-state index in [2.05, 4.69) is 5.32 Å². The van der Waals surface area contributed by atoms with E-state index in [4.69, 9.17) is 10.4 Å².